The van der Waals surface area contributed by atoms with Gasteiger partial charge in [0.2, 0.25) is 5.95 Å². The summed E-state index contributed by atoms with van der Waals surface area (Å²) < 4.78 is 54.5. The number of nitrogens with zero attached hydrogens (tertiary/aromatic N) is 3. The molecular formula is C15H24N5O13P3. The highest BCUT2D eigenvalue weighted by Gasteiger charge is 2.50. The maximum atomic E-state index is 12.3. The van der Waals surface area contributed by atoms with Crippen molar-refractivity contribution in [2.75, 3.05) is 18.9 Å². The van der Waals surface area contributed by atoms with E-state index in [-0.39, 0.29) is 42.1 Å². The summed E-state index contributed by atoms with van der Waals surface area (Å²) in [5, 5.41) is 9.40. The van der Waals surface area contributed by atoms with Gasteiger partial charge in [-0.25, -0.2) is 18.7 Å². The highest BCUT2D eigenvalue weighted by atomic mass is 31.3. The lowest BCUT2D eigenvalue weighted by Crippen LogP contribution is -2.36. The van der Waals surface area contributed by atoms with Crippen LogP contribution in [0.1, 0.15) is 26.0 Å². The fraction of sp³-hybridized carbons (Fsp3) is 0.533. The maximum Gasteiger partial charge on any atom is 0.490 e. The molecule has 1 aliphatic rings. The molecule has 2 aromatic rings. The third-order valence-corrected chi connectivity index (χ3v) is 8.93. The summed E-state index contributed by atoms with van der Waals surface area (Å²) in [6.07, 6.45) is 0.434. The Morgan fingerprint density at radius 1 is 1.31 bits per heavy atom. The molecule has 0 amide bonds. The van der Waals surface area contributed by atoms with E-state index in [1.165, 1.54) is 10.9 Å². The van der Waals surface area contributed by atoms with Gasteiger partial charge in [-0.2, -0.15) is 13.6 Å². The average Bonchev–Trinajstić information content (AvgIpc) is 3.25. The van der Waals surface area contributed by atoms with Crippen molar-refractivity contribution in [3.8, 4) is 0 Å². The van der Waals surface area contributed by atoms with Crippen LogP contribution in [0.5, 0.6) is 0 Å². The van der Waals surface area contributed by atoms with Crippen molar-refractivity contribution in [2.24, 2.45) is 5.92 Å². The van der Waals surface area contributed by atoms with Crippen LogP contribution in [0, 0.1) is 5.92 Å². The van der Waals surface area contributed by atoms with Gasteiger partial charge in [-0.05, 0) is 18.4 Å². The summed E-state index contributed by atoms with van der Waals surface area (Å²) in [5.74, 6) is -0.576. The van der Waals surface area contributed by atoms with Crippen LogP contribution in [0.2, 0.25) is 0 Å². The summed E-state index contributed by atoms with van der Waals surface area (Å²) in [6, 6.07) is 0. The monoisotopic (exact) mass is 575 g/mol. The fourth-order valence-electron chi connectivity index (χ4n) is 3.75. The second-order valence-electron chi connectivity index (χ2n) is 7.90. The molecule has 0 radical (unpaired) electrons. The molecule has 0 aliphatic carbocycles. The normalized spacial score (nSPS) is 26.1. The number of hydrogen-bond donors (Lipinski definition) is 7. The first-order chi connectivity index (χ1) is 16.5. The van der Waals surface area contributed by atoms with E-state index in [1.54, 1.807) is 6.92 Å². The van der Waals surface area contributed by atoms with Crippen molar-refractivity contribution in [3.05, 3.63) is 28.8 Å². The topological polar surface area (TPSA) is 279 Å². The van der Waals surface area contributed by atoms with Crippen LogP contribution in [0.25, 0.3) is 11.2 Å². The minimum atomic E-state index is -5.73. The number of H-pyrrole nitrogens is 1. The third kappa shape index (κ3) is 6.55. The highest BCUT2D eigenvalue weighted by molar-refractivity contribution is 7.66. The number of aliphatic hydroxyl groups is 1. The van der Waals surface area contributed by atoms with Gasteiger partial charge in [0.1, 0.15) is 11.8 Å². The standard InChI is InChI=1S/C15H24N5O13P3/c1-8-5-15(9(2)3-4-21,6-30-35(26,27)33-36(28,29)32-34(23,24)25)31-13(8)20-7-17-10-11(20)18-14(16)19-12(10)22/h7-8,13,21H,2-6H2,1H3,(H,26,27)(H,28,29)(H2,23,24,25)(H3,16,18,19,22). The Morgan fingerprint density at radius 3 is 2.58 bits per heavy atom. The molecule has 0 spiro atoms. The molecule has 202 valence electrons. The van der Waals surface area contributed by atoms with E-state index in [0.717, 1.165) is 0 Å². The van der Waals surface area contributed by atoms with Crippen molar-refractivity contribution >= 4 is 40.6 Å². The molecule has 3 heterocycles. The van der Waals surface area contributed by atoms with Crippen LogP contribution in [-0.2, 0) is 31.6 Å². The van der Waals surface area contributed by atoms with Crippen molar-refractivity contribution in [1.29, 1.82) is 0 Å². The summed E-state index contributed by atoms with van der Waals surface area (Å²) in [6.45, 7) is 4.38. The van der Waals surface area contributed by atoms with Crippen LogP contribution >= 0.6 is 23.5 Å². The first-order valence-electron chi connectivity index (χ1n) is 9.95. The summed E-state index contributed by atoms with van der Waals surface area (Å²) in [7, 11) is -16.8. The molecular weight excluding hydrogens is 551 g/mol. The third-order valence-electron chi connectivity index (χ3n) is 5.14. The lowest BCUT2D eigenvalue weighted by molar-refractivity contribution is -0.0798. The van der Waals surface area contributed by atoms with Crippen LogP contribution < -0.4 is 11.3 Å². The van der Waals surface area contributed by atoms with Gasteiger partial charge in [0, 0.05) is 12.5 Å². The van der Waals surface area contributed by atoms with Gasteiger partial charge in [-0.3, -0.25) is 18.9 Å². The van der Waals surface area contributed by atoms with E-state index in [2.05, 4.69) is 30.2 Å². The van der Waals surface area contributed by atoms with Crippen molar-refractivity contribution < 1.29 is 56.3 Å². The molecule has 0 bridgehead atoms. The number of aliphatic hydroxyl groups excluding tert-OH is 1. The van der Waals surface area contributed by atoms with Crippen LogP contribution in [0.15, 0.2) is 23.3 Å². The Bertz CT molecular complexity index is 1350. The number of hydrogen-bond acceptors (Lipinski definition) is 12. The van der Waals surface area contributed by atoms with Gasteiger partial charge < -0.3 is 35.2 Å². The van der Waals surface area contributed by atoms with Gasteiger partial charge in [-0.15, -0.1) is 0 Å². The number of ether oxygens (including phenoxy) is 1. The molecule has 5 unspecified atom stereocenters. The van der Waals surface area contributed by atoms with Gasteiger partial charge in [0.15, 0.2) is 11.2 Å². The number of imidazole rings is 1. The Labute approximate surface area is 202 Å². The SMILES string of the molecule is C=C(CCO)C1(COP(=O)(O)OP(=O)(O)OP(=O)(O)O)CC(C)C(n2cnc3c(=O)[nH]c(N)nc32)O1. The number of rotatable bonds is 11. The Kier molecular flexibility index (Phi) is 8.14. The van der Waals surface area contributed by atoms with Crippen molar-refractivity contribution in [1.82, 2.24) is 19.5 Å². The summed E-state index contributed by atoms with van der Waals surface area (Å²) in [4.78, 5) is 59.0. The first kappa shape index (κ1) is 28.8. The zero-order valence-corrected chi connectivity index (χ0v) is 21.2. The van der Waals surface area contributed by atoms with Gasteiger partial charge >= 0.3 is 23.5 Å². The van der Waals surface area contributed by atoms with Crippen LogP contribution in [0.4, 0.5) is 5.95 Å². The lowest BCUT2D eigenvalue weighted by Gasteiger charge is -2.32. The van der Waals surface area contributed by atoms with Crippen LogP contribution in [0.3, 0.4) is 0 Å². The Morgan fingerprint density at radius 2 is 1.97 bits per heavy atom. The Hall–Kier alpha value is -1.78. The van der Waals surface area contributed by atoms with Gasteiger partial charge in [0.25, 0.3) is 5.56 Å². The quantitative estimate of drug-likeness (QED) is 0.140. The highest BCUT2D eigenvalue weighted by Crippen LogP contribution is 2.66. The molecule has 2 aromatic heterocycles. The van der Waals surface area contributed by atoms with E-state index < -0.39 is 53.4 Å². The van der Waals surface area contributed by atoms with Crippen molar-refractivity contribution in [2.45, 2.75) is 31.6 Å². The van der Waals surface area contributed by atoms with E-state index in [1.807, 2.05) is 0 Å². The molecule has 1 aliphatic heterocycles. The number of nitrogens with two attached hydrogens (primary N) is 1. The predicted molar refractivity (Wildman–Crippen MR) is 120 cm³/mol. The van der Waals surface area contributed by atoms with E-state index in [0.29, 0.717) is 0 Å². The minimum Gasteiger partial charge on any atom is -0.396 e. The van der Waals surface area contributed by atoms with E-state index in [4.69, 9.17) is 24.8 Å². The molecule has 21 heteroatoms. The maximum absolute atomic E-state index is 12.3. The number of fused-ring (bicyclic) bond motifs is 1. The number of aromatic amines is 1. The van der Waals surface area contributed by atoms with E-state index >= 15 is 0 Å². The van der Waals surface area contributed by atoms with Crippen LogP contribution in [-0.4, -0.2) is 63.0 Å². The molecule has 5 atom stereocenters. The molecule has 0 aromatic carbocycles. The Balaban J connectivity index is 1.88. The zero-order valence-electron chi connectivity index (χ0n) is 18.5. The molecule has 8 N–H and O–H groups in total. The second kappa shape index (κ2) is 10.2. The molecule has 18 nitrogen and oxygen atoms in total. The molecule has 1 saturated heterocycles. The number of phosphoric acid groups is 3. The van der Waals surface area contributed by atoms with Crippen molar-refractivity contribution in [3.63, 3.8) is 0 Å². The minimum absolute atomic E-state index is 0.0278. The molecule has 3 rings (SSSR count). The number of nitrogen functional groups attached to an aromatic ring is 1. The predicted octanol–water partition coefficient (Wildman–Crippen LogP) is 0.277. The first-order valence-corrected chi connectivity index (χ1v) is 14.5. The number of aromatic nitrogens is 4. The average molecular weight is 575 g/mol. The number of nitrogens with one attached hydrogen (secondary N) is 1. The van der Waals surface area contributed by atoms with E-state index in [9.17, 15) is 33.4 Å². The number of phosphoric ester groups is 1. The smallest absolute Gasteiger partial charge is 0.396 e. The summed E-state index contributed by atoms with van der Waals surface area (Å²) in [5.41, 5.74) is 3.74. The van der Waals surface area contributed by atoms with Gasteiger partial charge in [0.05, 0.1) is 12.9 Å². The van der Waals surface area contributed by atoms with Gasteiger partial charge in [-0.1, -0.05) is 13.5 Å². The molecule has 36 heavy (non-hydrogen) atoms. The molecule has 0 saturated carbocycles. The zero-order chi connectivity index (χ0) is 27.1. The number of anilines is 1. The largest absolute Gasteiger partial charge is 0.490 e. The molecule has 1 fully saturated rings. The second-order valence-corrected chi connectivity index (χ2v) is 12.3. The summed E-state index contributed by atoms with van der Waals surface area (Å²) >= 11 is 0. The fourth-order valence-corrected chi connectivity index (χ4v) is 6.82. The lowest BCUT2D eigenvalue weighted by atomic mass is 9.87.